The van der Waals surface area contributed by atoms with Crippen LogP contribution in [0.5, 0.6) is 0 Å². The molecule has 2 heteroatoms. The third-order valence-corrected chi connectivity index (χ3v) is 2.90. The van der Waals surface area contributed by atoms with Crippen LogP contribution in [0.2, 0.25) is 0 Å². The van der Waals surface area contributed by atoms with E-state index in [1.165, 1.54) is 31.6 Å². The van der Waals surface area contributed by atoms with E-state index in [2.05, 4.69) is 23.7 Å². The van der Waals surface area contributed by atoms with Crippen LogP contribution in [0.4, 0.5) is 0 Å². The van der Waals surface area contributed by atoms with Gasteiger partial charge in [-0.2, -0.15) is 0 Å². The molecule has 0 aromatic carbocycles. The van der Waals surface area contributed by atoms with Gasteiger partial charge >= 0.3 is 0 Å². The van der Waals surface area contributed by atoms with Crippen LogP contribution in [-0.2, 0) is 0 Å². The van der Waals surface area contributed by atoms with Gasteiger partial charge in [0, 0.05) is 18.5 Å². The molecule has 2 nitrogen and oxygen atoms in total. The first-order chi connectivity index (χ1) is 5.79. The fraction of sp³-hybridized carbons (Fsp3) is 0.900. The smallest absolute Gasteiger partial charge is 0.102 e. The molecule has 1 fully saturated rings. The van der Waals surface area contributed by atoms with Gasteiger partial charge in [0.25, 0.3) is 0 Å². The number of piperidine rings is 1. The van der Waals surface area contributed by atoms with Gasteiger partial charge < -0.3 is 4.90 Å². The summed E-state index contributed by atoms with van der Waals surface area (Å²) in [4.78, 5) is 7.16. The Labute approximate surface area is 74.7 Å². The Morgan fingerprint density at radius 1 is 1.42 bits per heavy atom. The van der Waals surface area contributed by atoms with Gasteiger partial charge in [0.2, 0.25) is 0 Å². The number of rotatable bonds is 1. The largest absolute Gasteiger partial charge is 0.355 e. The summed E-state index contributed by atoms with van der Waals surface area (Å²) in [5, 5.41) is 0. The van der Waals surface area contributed by atoms with Gasteiger partial charge in [-0.15, -0.1) is 0 Å². The second-order valence-electron chi connectivity index (χ2n) is 4.20. The van der Waals surface area contributed by atoms with E-state index >= 15 is 0 Å². The zero-order valence-corrected chi connectivity index (χ0v) is 8.08. The molecule has 0 bridgehead atoms. The van der Waals surface area contributed by atoms with Crippen molar-refractivity contribution < 1.29 is 0 Å². The van der Waals surface area contributed by atoms with Crippen molar-refractivity contribution in [3.63, 3.8) is 0 Å². The summed E-state index contributed by atoms with van der Waals surface area (Å²) in [6.07, 6.45) is 4.13. The molecule has 0 radical (unpaired) electrons. The van der Waals surface area contributed by atoms with Gasteiger partial charge in [-0.1, -0.05) is 13.8 Å². The average Bonchev–Trinajstić information content (AvgIpc) is 2.47. The van der Waals surface area contributed by atoms with Crippen LogP contribution >= 0.6 is 0 Å². The molecule has 2 heterocycles. The summed E-state index contributed by atoms with van der Waals surface area (Å²) < 4.78 is 0. The number of fused-ring (bicyclic) bond motifs is 1. The molecule has 2 rings (SSSR count). The first kappa shape index (κ1) is 8.09. The van der Waals surface area contributed by atoms with Crippen LogP contribution in [0, 0.1) is 5.92 Å². The molecule has 0 amide bonds. The molecule has 0 aliphatic carbocycles. The highest BCUT2D eigenvalue weighted by atomic mass is 15.3. The molecule has 0 saturated carbocycles. The van der Waals surface area contributed by atoms with Crippen molar-refractivity contribution in [2.45, 2.75) is 39.2 Å². The van der Waals surface area contributed by atoms with Crippen LogP contribution < -0.4 is 0 Å². The lowest BCUT2D eigenvalue weighted by Gasteiger charge is -2.33. The molecule has 0 N–H and O–H groups in total. The van der Waals surface area contributed by atoms with Crippen molar-refractivity contribution in [3.05, 3.63) is 0 Å². The Balaban J connectivity index is 2.08. The molecule has 1 saturated heterocycles. The first-order valence-corrected chi connectivity index (χ1v) is 5.10. The number of aliphatic imine (C=N–C) groups is 1. The van der Waals surface area contributed by atoms with E-state index in [4.69, 9.17) is 0 Å². The normalized spacial score (nSPS) is 29.1. The Morgan fingerprint density at radius 3 is 3.00 bits per heavy atom. The molecule has 68 valence electrons. The van der Waals surface area contributed by atoms with Crippen molar-refractivity contribution in [2.75, 3.05) is 13.1 Å². The minimum Gasteiger partial charge on any atom is -0.355 e. The second-order valence-corrected chi connectivity index (χ2v) is 4.20. The monoisotopic (exact) mass is 166 g/mol. The molecule has 0 aromatic rings. The SMILES string of the molecule is CC(C)C1=NCC2CCCCN12. The summed E-state index contributed by atoms with van der Waals surface area (Å²) in [5.41, 5.74) is 0. The molecule has 2 aliphatic heterocycles. The highest BCUT2D eigenvalue weighted by Gasteiger charge is 2.30. The van der Waals surface area contributed by atoms with Crippen LogP contribution in [0.25, 0.3) is 0 Å². The highest BCUT2D eigenvalue weighted by molar-refractivity contribution is 5.86. The number of hydrogen-bond donors (Lipinski definition) is 0. The van der Waals surface area contributed by atoms with Crippen LogP contribution in [0.3, 0.4) is 0 Å². The topological polar surface area (TPSA) is 15.6 Å². The van der Waals surface area contributed by atoms with Crippen LogP contribution in [0.1, 0.15) is 33.1 Å². The van der Waals surface area contributed by atoms with E-state index < -0.39 is 0 Å². The summed E-state index contributed by atoms with van der Waals surface area (Å²) in [7, 11) is 0. The van der Waals surface area contributed by atoms with Crippen molar-refractivity contribution in [2.24, 2.45) is 10.9 Å². The fourth-order valence-electron chi connectivity index (χ4n) is 2.30. The third-order valence-electron chi connectivity index (χ3n) is 2.90. The Morgan fingerprint density at radius 2 is 2.25 bits per heavy atom. The van der Waals surface area contributed by atoms with Crippen molar-refractivity contribution in [3.8, 4) is 0 Å². The number of hydrogen-bond acceptors (Lipinski definition) is 2. The van der Waals surface area contributed by atoms with E-state index in [9.17, 15) is 0 Å². The lowest BCUT2D eigenvalue weighted by molar-refractivity contribution is 0.261. The minimum absolute atomic E-state index is 0.619. The predicted octanol–water partition coefficient (Wildman–Crippen LogP) is 1.91. The Kier molecular flexibility index (Phi) is 2.07. The predicted molar refractivity (Wildman–Crippen MR) is 51.5 cm³/mol. The number of nitrogens with zero attached hydrogens (tertiary/aromatic N) is 2. The highest BCUT2D eigenvalue weighted by Crippen LogP contribution is 2.24. The molecule has 1 unspecified atom stereocenters. The van der Waals surface area contributed by atoms with Gasteiger partial charge in [0.15, 0.2) is 0 Å². The Bertz CT molecular complexity index is 196. The van der Waals surface area contributed by atoms with E-state index in [-0.39, 0.29) is 0 Å². The zero-order valence-electron chi connectivity index (χ0n) is 8.08. The van der Waals surface area contributed by atoms with Gasteiger partial charge in [-0.3, -0.25) is 4.99 Å². The maximum Gasteiger partial charge on any atom is 0.102 e. The quantitative estimate of drug-likeness (QED) is 0.581. The Hall–Kier alpha value is -0.530. The van der Waals surface area contributed by atoms with Gasteiger partial charge in [-0.25, -0.2) is 0 Å². The van der Waals surface area contributed by atoms with Crippen LogP contribution in [-0.4, -0.2) is 29.9 Å². The van der Waals surface area contributed by atoms with E-state index in [0.29, 0.717) is 5.92 Å². The molecule has 2 aliphatic rings. The van der Waals surface area contributed by atoms with Gasteiger partial charge in [0.05, 0.1) is 6.54 Å². The molecular formula is C10H18N2. The summed E-state index contributed by atoms with van der Waals surface area (Å²) in [6, 6.07) is 0.760. The maximum absolute atomic E-state index is 4.62. The van der Waals surface area contributed by atoms with Gasteiger partial charge in [0.1, 0.15) is 5.84 Å². The van der Waals surface area contributed by atoms with E-state index in [1.54, 1.807) is 0 Å². The summed E-state index contributed by atoms with van der Waals surface area (Å²) in [5.74, 6) is 1.98. The standard InChI is InChI=1S/C10H18N2/c1-8(2)10-11-7-9-5-3-4-6-12(9)10/h8-9H,3-7H2,1-2H3. The van der Waals surface area contributed by atoms with E-state index in [0.717, 1.165) is 12.6 Å². The van der Waals surface area contributed by atoms with Gasteiger partial charge in [-0.05, 0) is 19.3 Å². The van der Waals surface area contributed by atoms with Crippen molar-refractivity contribution in [1.29, 1.82) is 0 Å². The van der Waals surface area contributed by atoms with Crippen molar-refractivity contribution in [1.82, 2.24) is 4.90 Å². The van der Waals surface area contributed by atoms with E-state index in [1.807, 2.05) is 0 Å². The lowest BCUT2D eigenvalue weighted by atomic mass is 10.0. The second kappa shape index (κ2) is 3.08. The third kappa shape index (κ3) is 1.23. The molecule has 0 spiro atoms. The summed E-state index contributed by atoms with van der Waals surface area (Å²) in [6.45, 7) is 6.81. The average molecular weight is 166 g/mol. The minimum atomic E-state index is 0.619. The lowest BCUT2D eigenvalue weighted by Crippen LogP contribution is -2.41. The molecular weight excluding hydrogens is 148 g/mol. The van der Waals surface area contributed by atoms with Crippen molar-refractivity contribution >= 4 is 5.84 Å². The zero-order chi connectivity index (χ0) is 8.55. The summed E-state index contributed by atoms with van der Waals surface area (Å²) >= 11 is 0. The molecule has 12 heavy (non-hydrogen) atoms. The van der Waals surface area contributed by atoms with Crippen LogP contribution in [0.15, 0.2) is 4.99 Å². The first-order valence-electron chi connectivity index (χ1n) is 5.10. The molecule has 1 atom stereocenters. The maximum atomic E-state index is 4.62. The fourth-order valence-corrected chi connectivity index (χ4v) is 2.30. The molecule has 0 aromatic heterocycles. The number of amidine groups is 1.